The minimum Gasteiger partial charge on any atom is -0.381 e. The molecule has 31 heavy (non-hydrogen) atoms. The summed E-state index contributed by atoms with van der Waals surface area (Å²) in [6.07, 6.45) is 3.03. The van der Waals surface area contributed by atoms with Gasteiger partial charge in [0.25, 0.3) is 11.8 Å². The van der Waals surface area contributed by atoms with E-state index in [9.17, 15) is 14.4 Å². The number of ether oxygens (including phenoxy) is 1. The molecule has 0 atom stereocenters. The predicted octanol–water partition coefficient (Wildman–Crippen LogP) is 3.32. The number of fused-ring (bicyclic) bond motifs is 1. The van der Waals surface area contributed by atoms with E-state index in [1.807, 2.05) is 24.3 Å². The summed E-state index contributed by atoms with van der Waals surface area (Å²) < 4.78 is 5.42. The molecule has 1 saturated heterocycles. The summed E-state index contributed by atoms with van der Waals surface area (Å²) in [4.78, 5) is 40.6. The van der Waals surface area contributed by atoms with Gasteiger partial charge in [0, 0.05) is 44.5 Å². The molecule has 0 spiro atoms. The SMILES string of the molecule is COC1CCN(c2ccc(NC(=O)CCCN3C(=O)c4ccccc4C3=O)cc2)CC1. The van der Waals surface area contributed by atoms with Crippen LogP contribution in [0.15, 0.2) is 48.5 Å². The van der Waals surface area contributed by atoms with Gasteiger partial charge in [0.1, 0.15) is 0 Å². The molecule has 0 saturated carbocycles. The Morgan fingerprint density at radius 3 is 2.19 bits per heavy atom. The minimum atomic E-state index is -0.286. The van der Waals surface area contributed by atoms with E-state index in [-0.39, 0.29) is 30.7 Å². The van der Waals surface area contributed by atoms with Crippen molar-refractivity contribution in [3.8, 4) is 0 Å². The lowest BCUT2D eigenvalue weighted by Gasteiger charge is -2.33. The number of carbonyl (C=O) groups excluding carboxylic acids is 3. The van der Waals surface area contributed by atoms with Crippen molar-refractivity contribution < 1.29 is 19.1 Å². The Kier molecular flexibility index (Phi) is 6.32. The number of amides is 3. The molecule has 1 N–H and O–H groups in total. The van der Waals surface area contributed by atoms with Gasteiger partial charge in [0.15, 0.2) is 0 Å². The Morgan fingerprint density at radius 1 is 1.00 bits per heavy atom. The maximum atomic E-state index is 12.4. The maximum absolute atomic E-state index is 12.4. The molecule has 2 heterocycles. The lowest BCUT2D eigenvalue weighted by atomic mass is 10.1. The van der Waals surface area contributed by atoms with Crippen LogP contribution in [0.1, 0.15) is 46.4 Å². The third kappa shape index (κ3) is 4.61. The van der Waals surface area contributed by atoms with Crippen molar-refractivity contribution in [2.45, 2.75) is 31.8 Å². The number of anilines is 2. The Bertz CT molecular complexity index is 930. The molecule has 162 valence electrons. The van der Waals surface area contributed by atoms with Crippen molar-refractivity contribution >= 4 is 29.1 Å². The zero-order chi connectivity index (χ0) is 21.8. The van der Waals surface area contributed by atoms with Gasteiger partial charge in [-0.15, -0.1) is 0 Å². The number of benzene rings is 2. The Hall–Kier alpha value is -3.19. The highest BCUT2D eigenvalue weighted by molar-refractivity contribution is 6.21. The largest absolute Gasteiger partial charge is 0.381 e. The number of hydrogen-bond acceptors (Lipinski definition) is 5. The van der Waals surface area contributed by atoms with E-state index in [0.717, 1.165) is 37.3 Å². The first-order valence-corrected chi connectivity index (χ1v) is 10.7. The van der Waals surface area contributed by atoms with Crippen LogP contribution in [0.2, 0.25) is 0 Å². The lowest BCUT2D eigenvalue weighted by Crippen LogP contribution is -2.36. The third-order valence-corrected chi connectivity index (χ3v) is 5.96. The van der Waals surface area contributed by atoms with E-state index in [1.165, 1.54) is 4.90 Å². The first-order valence-electron chi connectivity index (χ1n) is 10.7. The molecule has 2 aliphatic rings. The fourth-order valence-corrected chi connectivity index (χ4v) is 4.17. The quantitative estimate of drug-likeness (QED) is 0.694. The summed E-state index contributed by atoms with van der Waals surface area (Å²) in [7, 11) is 1.76. The van der Waals surface area contributed by atoms with Gasteiger partial charge in [-0.1, -0.05) is 12.1 Å². The summed E-state index contributed by atoms with van der Waals surface area (Å²) in [5.74, 6) is -0.706. The number of hydrogen-bond donors (Lipinski definition) is 1. The number of nitrogens with one attached hydrogen (secondary N) is 1. The highest BCUT2D eigenvalue weighted by Gasteiger charge is 2.34. The van der Waals surface area contributed by atoms with Gasteiger partial charge in [-0.2, -0.15) is 0 Å². The number of carbonyl (C=O) groups is 3. The maximum Gasteiger partial charge on any atom is 0.261 e. The summed E-state index contributed by atoms with van der Waals surface area (Å²) in [5.41, 5.74) is 2.74. The monoisotopic (exact) mass is 421 g/mol. The van der Waals surface area contributed by atoms with Gasteiger partial charge < -0.3 is 15.0 Å². The van der Waals surface area contributed by atoms with Crippen LogP contribution in [0.3, 0.4) is 0 Å². The fraction of sp³-hybridized carbons (Fsp3) is 0.375. The van der Waals surface area contributed by atoms with Crippen LogP contribution in [-0.2, 0) is 9.53 Å². The van der Waals surface area contributed by atoms with Crippen molar-refractivity contribution in [1.82, 2.24) is 4.90 Å². The molecule has 7 heteroatoms. The van der Waals surface area contributed by atoms with Gasteiger partial charge >= 0.3 is 0 Å². The van der Waals surface area contributed by atoms with Crippen molar-refractivity contribution in [2.24, 2.45) is 0 Å². The average molecular weight is 421 g/mol. The second kappa shape index (κ2) is 9.31. The lowest BCUT2D eigenvalue weighted by molar-refractivity contribution is -0.116. The molecule has 0 unspecified atom stereocenters. The van der Waals surface area contributed by atoms with Gasteiger partial charge in [-0.25, -0.2) is 0 Å². The predicted molar refractivity (Wildman–Crippen MR) is 118 cm³/mol. The van der Waals surface area contributed by atoms with E-state index in [0.29, 0.717) is 23.7 Å². The van der Waals surface area contributed by atoms with Gasteiger partial charge in [-0.3, -0.25) is 19.3 Å². The molecule has 3 amide bonds. The highest BCUT2D eigenvalue weighted by atomic mass is 16.5. The normalized spacial score (nSPS) is 16.5. The molecule has 0 aromatic heterocycles. The van der Waals surface area contributed by atoms with E-state index in [1.54, 1.807) is 31.4 Å². The highest BCUT2D eigenvalue weighted by Crippen LogP contribution is 2.24. The molecule has 0 bridgehead atoms. The van der Waals surface area contributed by atoms with Crippen molar-refractivity contribution in [3.05, 3.63) is 59.7 Å². The van der Waals surface area contributed by atoms with Crippen LogP contribution in [0.4, 0.5) is 11.4 Å². The number of rotatable bonds is 7. The molecule has 0 radical (unpaired) electrons. The average Bonchev–Trinajstić information content (AvgIpc) is 3.05. The third-order valence-electron chi connectivity index (χ3n) is 5.96. The Labute approximate surface area is 182 Å². The molecule has 7 nitrogen and oxygen atoms in total. The number of methoxy groups -OCH3 is 1. The molecule has 2 aromatic carbocycles. The second-order valence-corrected chi connectivity index (χ2v) is 7.93. The van der Waals surface area contributed by atoms with E-state index in [2.05, 4.69) is 10.2 Å². The van der Waals surface area contributed by atoms with Gasteiger partial charge in [0.2, 0.25) is 5.91 Å². The summed E-state index contributed by atoms with van der Waals surface area (Å²) >= 11 is 0. The second-order valence-electron chi connectivity index (χ2n) is 7.93. The van der Waals surface area contributed by atoms with Crippen molar-refractivity contribution in [1.29, 1.82) is 0 Å². The molecule has 2 aliphatic heterocycles. The van der Waals surface area contributed by atoms with Crippen molar-refractivity contribution in [3.63, 3.8) is 0 Å². The van der Waals surface area contributed by atoms with E-state index in [4.69, 9.17) is 4.74 Å². The zero-order valence-electron chi connectivity index (χ0n) is 17.7. The summed E-state index contributed by atoms with van der Waals surface area (Å²) in [6, 6.07) is 14.6. The molecule has 4 rings (SSSR count). The smallest absolute Gasteiger partial charge is 0.261 e. The van der Waals surface area contributed by atoms with E-state index >= 15 is 0 Å². The zero-order valence-corrected chi connectivity index (χ0v) is 17.7. The number of imide groups is 1. The Morgan fingerprint density at radius 2 is 1.61 bits per heavy atom. The Balaban J connectivity index is 1.23. The number of nitrogens with zero attached hydrogens (tertiary/aromatic N) is 2. The molecule has 2 aromatic rings. The van der Waals surface area contributed by atoms with Gasteiger partial charge in [0.05, 0.1) is 17.2 Å². The first kappa shape index (κ1) is 21.1. The van der Waals surface area contributed by atoms with Gasteiger partial charge in [-0.05, 0) is 55.7 Å². The van der Waals surface area contributed by atoms with E-state index < -0.39 is 0 Å². The minimum absolute atomic E-state index is 0.134. The molecular weight excluding hydrogens is 394 g/mol. The first-order chi connectivity index (χ1) is 15.1. The van der Waals surface area contributed by atoms with Crippen LogP contribution in [0, 0.1) is 0 Å². The standard InChI is InChI=1S/C24H27N3O4/c1-31-19-12-15-26(16-13-19)18-10-8-17(9-11-18)25-22(28)7-4-14-27-23(29)20-5-2-3-6-21(20)24(27)30/h2-3,5-6,8-11,19H,4,7,12-16H2,1H3,(H,25,28). The van der Waals surface area contributed by atoms with Crippen LogP contribution in [-0.4, -0.2) is 55.5 Å². The summed E-state index contributed by atoms with van der Waals surface area (Å²) in [6.45, 7) is 2.15. The van der Waals surface area contributed by atoms with Crippen LogP contribution in [0.5, 0.6) is 0 Å². The molecular formula is C24H27N3O4. The van der Waals surface area contributed by atoms with Crippen LogP contribution >= 0.6 is 0 Å². The van der Waals surface area contributed by atoms with Crippen LogP contribution in [0.25, 0.3) is 0 Å². The summed E-state index contributed by atoms with van der Waals surface area (Å²) in [5, 5.41) is 2.89. The van der Waals surface area contributed by atoms with Crippen LogP contribution < -0.4 is 10.2 Å². The molecule has 1 fully saturated rings. The molecule has 0 aliphatic carbocycles. The fourth-order valence-electron chi connectivity index (χ4n) is 4.17. The number of piperidine rings is 1. The topological polar surface area (TPSA) is 79.0 Å². The van der Waals surface area contributed by atoms with Crippen molar-refractivity contribution in [2.75, 3.05) is 37.0 Å².